The van der Waals surface area contributed by atoms with Crippen LogP contribution in [0.2, 0.25) is 0 Å². The first kappa shape index (κ1) is 16.7. The lowest BCUT2D eigenvalue weighted by molar-refractivity contribution is -0.682. The lowest BCUT2D eigenvalue weighted by atomic mass is 10.1. The molecule has 0 aliphatic rings. The average Bonchev–Trinajstić information content (AvgIpc) is 3.04. The zero-order valence-corrected chi connectivity index (χ0v) is 13.2. The highest BCUT2D eigenvalue weighted by Gasteiger charge is 2.15. The van der Waals surface area contributed by atoms with Crippen LogP contribution in [-0.2, 0) is 13.1 Å². The number of ketones is 2. The Labute approximate surface area is 143 Å². The van der Waals surface area contributed by atoms with E-state index in [0.717, 1.165) is 12.1 Å². The summed E-state index contributed by atoms with van der Waals surface area (Å²) in [5, 5.41) is 0. The van der Waals surface area contributed by atoms with E-state index >= 15 is 0 Å². The molecule has 0 aliphatic carbocycles. The number of benzene rings is 2. The standard InChI is InChI=1S/C19H15F2N2O2/c20-16-7-6-15(10-17(16)21)19(25)12-23-9-8-22(13-23)11-18(24)14-4-2-1-3-5-14/h1-10,13H,11-12H2/q+1. The van der Waals surface area contributed by atoms with Crippen molar-refractivity contribution in [1.82, 2.24) is 4.57 Å². The van der Waals surface area contributed by atoms with Gasteiger partial charge in [0.1, 0.15) is 12.4 Å². The first-order valence-electron chi connectivity index (χ1n) is 7.64. The molecule has 0 saturated heterocycles. The molecule has 3 rings (SSSR count). The van der Waals surface area contributed by atoms with Gasteiger partial charge in [-0.25, -0.2) is 17.9 Å². The van der Waals surface area contributed by atoms with E-state index in [4.69, 9.17) is 0 Å². The molecule has 0 bridgehead atoms. The number of imidazole rings is 1. The normalized spacial score (nSPS) is 10.6. The third kappa shape index (κ3) is 4.03. The number of Topliss-reactive ketones (excluding diaryl/α,β-unsaturated/α-hetero) is 2. The maximum Gasteiger partial charge on any atom is 0.244 e. The fourth-order valence-electron chi connectivity index (χ4n) is 2.43. The zero-order valence-electron chi connectivity index (χ0n) is 13.2. The lowest BCUT2D eigenvalue weighted by Gasteiger charge is -2.00. The Balaban J connectivity index is 1.66. The van der Waals surface area contributed by atoms with E-state index in [1.807, 2.05) is 6.07 Å². The summed E-state index contributed by atoms with van der Waals surface area (Å²) in [6.45, 7) is 0.119. The second kappa shape index (κ2) is 7.17. The summed E-state index contributed by atoms with van der Waals surface area (Å²) in [5.41, 5.74) is 0.708. The third-order valence-electron chi connectivity index (χ3n) is 3.74. The Bertz CT molecular complexity index is 920. The molecule has 0 atom stereocenters. The van der Waals surface area contributed by atoms with E-state index < -0.39 is 11.6 Å². The highest BCUT2D eigenvalue weighted by Crippen LogP contribution is 2.10. The van der Waals surface area contributed by atoms with E-state index in [1.165, 1.54) is 6.07 Å². The number of nitrogens with zero attached hydrogens (tertiary/aromatic N) is 2. The predicted octanol–water partition coefficient (Wildman–Crippen LogP) is 2.82. The van der Waals surface area contributed by atoms with Gasteiger partial charge in [-0.1, -0.05) is 30.3 Å². The second-order valence-electron chi connectivity index (χ2n) is 5.60. The maximum atomic E-state index is 13.2. The van der Waals surface area contributed by atoms with Crippen molar-refractivity contribution in [1.29, 1.82) is 0 Å². The molecule has 0 fully saturated rings. The van der Waals surface area contributed by atoms with E-state index in [0.29, 0.717) is 5.56 Å². The van der Waals surface area contributed by atoms with Gasteiger partial charge in [0.25, 0.3) is 0 Å². The van der Waals surface area contributed by atoms with E-state index in [-0.39, 0.29) is 30.2 Å². The summed E-state index contributed by atoms with van der Waals surface area (Å²) in [7, 11) is 0. The number of halogens is 2. The average molecular weight is 341 g/mol. The smallest absolute Gasteiger partial charge is 0.244 e. The minimum absolute atomic E-state index is 0.0302. The van der Waals surface area contributed by atoms with Crippen molar-refractivity contribution in [3.63, 3.8) is 0 Å². The first-order chi connectivity index (χ1) is 12.0. The van der Waals surface area contributed by atoms with Gasteiger partial charge >= 0.3 is 0 Å². The van der Waals surface area contributed by atoms with Crippen molar-refractivity contribution < 1.29 is 22.9 Å². The van der Waals surface area contributed by atoms with Crippen LogP contribution in [0, 0.1) is 11.6 Å². The molecule has 126 valence electrons. The number of hydrogen-bond donors (Lipinski definition) is 0. The van der Waals surface area contributed by atoms with Crippen molar-refractivity contribution in [2.75, 3.05) is 0 Å². The third-order valence-corrected chi connectivity index (χ3v) is 3.74. The van der Waals surface area contributed by atoms with Crippen LogP contribution in [0.1, 0.15) is 20.7 Å². The number of hydrogen-bond acceptors (Lipinski definition) is 2. The van der Waals surface area contributed by atoms with Crippen LogP contribution in [0.25, 0.3) is 0 Å². The van der Waals surface area contributed by atoms with Gasteiger partial charge in [-0.2, -0.15) is 0 Å². The Morgan fingerprint density at radius 1 is 0.920 bits per heavy atom. The van der Waals surface area contributed by atoms with Crippen LogP contribution in [0.15, 0.2) is 67.3 Å². The Morgan fingerprint density at radius 2 is 1.68 bits per heavy atom. The van der Waals surface area contributed by atoms with Gasteiger partial charge in [-0.3, -0.25) is 9.59 Å². The highest BCUT2D eigenvalue weighted by molar-refractivity contribution is 5.96. The minimum atomic E-state index is -1.05. The zero-order chi connectivity index (χ0) is 17.8. The molecule has 0 saturated carbocycles. The molecule has 0 N–H and O–H groups in total. The van der Waals surface area contributed by atoms with Crippen molar-refractivity contribution in [2.45, 2.75) is 13.1 Å². The Morgan fingerprint density at radius 3 is 2.40 bits per heavy atom. The van der Waals surface area contributed by atoms with E-state index in [1.54, 1.807) is 52.1 Å². The lowest BCUT2D eigenvalue weighted by Crippen LogP contribution is -2.36. The van der Waals surface area contributed by atoms with Crippen molar-refractivity contribution in [3.8, 4) is 0 Å². The molecule has 0 radical (unpaired) electrons. The van der Waals surface area contributed by atoms with Gasteiger partial charge < -0.3 is 0 Å². The summed E-state index contributed by atoms with van der Waals surface area (Å²) in [4.78, 5) is 24.3. The Kier molecular flexibility index (Phi) is 4.79. The molecule has 3 aromatic rings. The van der Waals surface area contributed by atoms with Gasteiger partial charge in [0.15, 0.2) is 24.7 Å². The number of rotatable bonds is 6. The Hall–Kier alpha value is -3.15. The number of aromatic nitrogens is 2. The minimum Gasteiger partial charge on any atom is -0.290 e. The molecule has 0 spiro atoms. The molecule has 0 aliphatic heterocycles. The van der Waals surface area contributed by atoms with Crippen molar-refractivity contribution >= 4 is 11.6 Å². The molecule has 25 heavy (non-hydrogen) atoms. The highest BCUT2D eigenvalue weighted by atomic mass is 19.2. The summed E-state index contributed by atoms with van der Waals surface area (Å²) >= 11 is 0. The molecular formula is C19H15F2N2O2+. The van der Waals surface area contributed by atoms with Gasteiger partial charge in [0.05, 0.1) is 0 Å². The van der Waals surface area contributed by atoms with E-state index in [9.17, 15) is 18.4 Å². The number of carbonyl (C=O) groups is 2. The quantitative estimate of drug-likeness (QED) is 0.511. The van der Waals surface area contributed by atoms with Crippen LogP contribution in [-0.4, -0.2) is 16.1 Å². The topological polar surface area (TPSA) is 43.0 Å². The summed E-state index contributed by atoms with van der Waals surface area (Å²) in [6, 6.07) is 12.0. The first-order valence-corrected chi connectivity index (χ1v) is 7.64. The summed E-state index contributed by atoms with van der Waals surface area (Å²) in [6.07, 6.45) is 4.95. The second-order valence-corrected chi connectivity index (χ2v) is 5.60. The van der Waals surface area contributed by atoms with Crippen LogP contribution in [0.5, 0.6) is 0 Å². The molecular weight excluding hydrogens is 326 g/mol. The fraction of sp³-hybridized carbons (Fsp3) is 0.105. The van der Waals surface area contributed by atoms with Gasteiger partial charge in [0, 0.05) is 11.1 Å². The molecule has 6 heteroatoms. The molecule has 2 aromatic carbocycles. The molecule has 4 nitrogen and oxygen atoms in total. The largest absolute Gasteiger partial charge is 0.290 e. The predicted molar refractivity (Wildman–Crippen MR) is 86.1 cm³/mol. The fourth-order valence-corrected chi connectivity index (χ4v) is 2.43. The number of carbonyl (C=O) groups excluding carboxylic acids is 2. The van der Waals surface area contributed by atoms with Crippen LogP contribution in [0.3, 0.4) is 0 Å². The molecule has 0 amide bonds. The molecule has 0 unspecified atom stereocenters. The van der Waals surface area contributed by atoms with Gasteiger partial charge in [-0.05, 0) is 18.2 Å². The monoisotopic (exact) mass is 341 g/mol. The SMILES string of the molecule is O=C(Cn1cc[n+](CC(=O)c2ccccc2)c1)c1ccc(F)c(F)c1. The summed E-state index contributed by atoms with van der Waals surface area (Å²) in [5.74, 6) is -2.44. The van der Waals surface area contributed by atoms with Crippen LogP contribution < -0.4 is 4.57 Å². The van der Waals surface area contributed by atoms with Crippen molar-refractivity contribution in [2.24, 2.45) is 0 Å². The summed E-state index contributed by atoms with van der Waals surface area (Å²) < 4.78 is 29.4. The molecule has 1 heterocycles. The van der Waals surface area contributed by atoms with E-state index in [2.05, 4.69) is 0 Å². The van der Waals surface area contributed by atoms with Crippen LogP contribution in [0.4, 0.5) is 8.78 Å². The van der Waals surface area contributed by atoms with Gasteiger partial charge in [0.2, 0.25) is 17.9 Å². The maximum absolute atomic E-state index is 13.2. The van der Waals surface area contributed by atoms with Crippen molar-refractivity contribution in [3.05, 3.63) is 90.0 Å². The van der Waals surface area contributed by atoms with Gasteiger partial charge in [-0.15, -0.1) is 0 Å². The molecule has 1 aromatic heterocycles. The van der Waals surface area contributed by atoms with Crippen LogP contribution >= 0.6 is 0 Å².